The second-order valence-electron chi connectivity index (χ2n) is 5.01. The molecule has 0 aliphatic heterocycles. The first-order valence-electron chi connectivity index (χ1n) is 5.25. The van der Waals surface area contributed by atoms with Gasteiger partial charge in [0, 0.05) is 6.66 Å². The van der Waals surface area contributed by atoms with Gasteiger partial charge in [-0.1, -0.05) is 39.0 Å². The van der Waals surface area contributed by atoms with E-state index < -0.39 is 7.60 Å². The number of hydrogen-bond donors (Lipinski definition) is 0. The Balaban J connectivity index is 2.56. The molecule has 1 atom stereocenters. The molecule has 1 unspecified atom stereocenters. The van der Waals surface area contributed by atoms with Crippen molar-refractivity contribution in [3.05, 3.63) is 30.3 Å². The maximum Gasteiger partial charge on any atom is 0.376 e. The molecule has 16 heavy (non-hydrogen) atoms. The van der Waals surface area contributed by atoms with E-state index in [2.05, 4.69) is 0 Å². The van der Waals surface area contributed by atoms with E-state index in [1.165, 1.54) is 6.66 Å². The molecule has 0 fully saturated rings. The minimum atomic E-state index is -3.01. The van der Waals surface area contributed by atoms with Gasteiger partial charge in [0.05, 0.1) is 6.61 Å². The van der Waals surface area contributed by atoms with Crippen LogP contribution < -0.4 is 4.52 Å². The van der Waals surface area contributed by atoms with Crippen molar-refractivity contribution in [3.63, 3.8) is 0 Å². The minimum Gasteiger partial charge on any atom is -0.425 e. The Kier molecular flexibility index (Phi) is 4.17. The van der Waals surface area contributed by atoms with Gasteiger partial charge in [-0.05, 0) is 17.5 Å². The molecule has 0 bridgehead atoms. The van der Waals surface area contributed by atoms with Crippen LogP contribution in [0.3, 0.4) is 0 Å². The molecular formula is C12H19O3P. The Morgan fingerprint density at radius 2 is 1.75 bits per heavy atom. The third-order valence-corrected chi connectivity index (χ3v) is 2.89. The van der Waals surface area contributed by atoms with Crippen LogP contribution in [0.15, 0.2) is 30.3 Å². The highest BCUT2D eigenvalue weighted by Crippen LogP contribution is 2.45. The SMILES string of the molecule is CC(C)(C)COP(C)(=O)Oc1ccccc1. The average Bonchev–Trinajstić information content (AvgIpc) is 2.15. The molecular weight excluding hydrogens is 223 g/mol. The topological polar surface area (TPSA) is 35.5 Å². The lowest BCUT2D eigenvalue weighted by Gasteiger charge is -2.22. The highest BCUT2D eigenvalue weighted by molar-refractivity contribution is 7.53. The fraction of sp³-hybridized carbons (Fsp3) is 0.500. The second-order valence-corrected chi connectivity index (χ2v) is 6.99. The van der Waals surface area contributed by atoms with E-state index in [0.29, 0.717) is 12.4 Å². The molecule has 90 valence electrons. The van der Waals surface area contributed by atoms with Crippen molar-refractivity contribution in [2.45, 2.75) is 20.8 Å². The summed E-state index contributed by atoms with van der Waals surface area (Å²) in [6.45, 7) is 7.97. The molecule has 0 N–H and O–H groups in total. The predicted molar refractivity (Wildman–Crippen MR) is 66.0 cm³/mol. The molecule has 0 aliphatic rings. The molecule has 3 nitrogen and oxygen atoms in total. The number of hydrogen-bond acceptors (Lipinski definition) is 3. The lowest BCUT2D eigenvalue weighted by molar-refractivity contribution is 0.180. The van der Waals surface area contributed by atoms with Gasteiger partial charge in [-0.25, -0.2) is 4.57 Å². The lowest BCUT2D eigenvalue weighted by atomic mass is 9.99. The zero-order valence-corrected chi connectivity index (χ0v) is 11.2. The van der Waals surface area contributed by atoms with Gasteiger partial charge in [-0.2, -0.15) is 0 Å². The van der Waals surface area contributed by atoms with Gasteiger partial charge in [-0.3, -0.25) is 4.52 Å². The van der Waals surface area contributed by atoms with Gasteiger partial charge in [0.15, 0.2) is 0 Å². The molecule has 1 rings (SSSR count). The van der Waals surface area contributed by atoms with E-state index in [9.17, 15) is 4.57 Å². The summed E-state index contributed by atoms with van der Waals surface area (Å²) in [4.78, 5) is 0. The molecule has 0 aromatic heterocycles. The van der Waals surface area contributed by atoms with E-state index in [-0.39, 0.29) is 5.41 Å². The lowest BCUT2D eigenvalue weighted by Crippen LogP contribution is -2.14. The van der Waals surface area contributed by atoms with Gasteiger partial charge in [0.2, 0.25) is 0 Å². The Morgan fingerprint density at radius 3 is 2.25 bits per heavy atom. The smallest absolute Gasteiger partial charge is 0.376 e. The fourth-order valence-electron chi connectivity index (χ4n) is 1.01. The van der Waals surface area contributed by atoms with E-state index in [0.717, 1.165) is 0 Å². The maximum atomic E-state index is 12.0. The van der Waals surface area contributed by atoms with Crippen LogP contribution in [0.4, 0.5) is 0 Å². The van der Waals surface area contributed by atoms with Gasteiger partial charge in [-0.15, -0.1) is 0 Å². The summed E-state index contributed by atoms with van der Waals surface area (Å²) in [6.07, 6.45) is 0. The van der Waals surface area contributed by atoms with Gasteiger partial charge in [0.25, 0.3) is 0 Å². The van der Waals surface area contributed by atoms with Crippen LogP contribution in [0.1, 0.15) is 20.8 Å². The van der Waals surface area contributed by atoms with Crippen LogP contribution in [-0.4, -0.2) is 13.3 Å². The number of benzene rings is 1. The summed E-state index contributed by atoms with van der Waals surface area (Å²) in [5.41, 5.74) is -0.0221. The van der Waals surface area contributed by atoms with Crippen molar-refractivity contribution < 1.29 is 13.6 Å². The summed E-state index contributed by atoms with van der Waals surface area (Å²) in [5, 5.41) is 0. The summed E-state index contributed by atoms with van der Waals surface area (Å²) in [6, 6.07) is 9.06. The molecule has 0 saturated carbocycles. The molecule has 0 heterocycles. The minimum absolute atomic E-state index is 0.0221. The first-order valence-corrected chi connectivity index (χ1v) is 7.24. The molecule has 1 aromatic carbocycles. The largest absolute Gasteiger partial charge is 0.425 e. The Hall–Kier alpha value is -0.790. The molecule has 0 spiro atoms. The summed E-state index contributed by atoms with van der Waals surface area (Å²) >= 11 is 0. The molecule has 0 saturated heterocycles. The zero-order chi connectivity index (χ0) is 12.2. The van der Waals surface area contributed by atoms with Crippen LogP contribution in [0.2, 0.25) is 0 Å². The van der Waals surface area contributed by atoms with Crippen molar-refractivity contribution in [1.82, 2.24) is 0 Å². The number of rotatable bonds is 4. The summed E-state index contributed by atoms with van der Waals surface area (Å²) < 4.78 is 22.6. The fourth-order valence-corrected chi connectivity index (χ4v) is 2.19. The van der Waals surface area contributed by atoms with Crippen molar-refractivity contribution in [3.8, 4) is 5.75 Å². The van der Waals surface area contributed by atoms with Crippen LogP contribution in [0, 0.1) is 5.41 Å². The standard InChI is InChI=1S/C12H19O3P/c1-12(2,3)10-14-16(4,13)15-11-8-6-5-7-9-11/h5-9H,10H2,1-4H3. The quantitative estimate of drug-likeness (QED) is 0.750. The summed E-state index contributed by atoms with van der Waals surface area (Å²) in [5.74, 6) is 0.572. The molecule has 0 radical (unpaired) electrons. The van der Waals surface area contributed by atoms with Gasteiger partial charge >= 0.3 is 7.60 Å². The maximum absolute atomic E-state index is 12.0. The average molecular weight is 242 g/mol. The predicted octanol–water partition coefficient (Wildman–Crippen LogP) is 3.95. The van der Waals surface area contributed by atoms with Crippen molar-refractivity contribution >= 4 is 7.60 Å². The second kappa shape index (κ2) is 5.03. The number of para-hydroxylation sites is 1. The van der Waals surface area contributed by atoms with Crippen molar-refractivity contribution in [2.75, 3.05) is 13.3 Å². The molecule has 4 heteroatoms. The van der Waals surface area contributed by atoms with Crippen molar-refractivity contribution in [1.29, 1.82) is 0 Å². The molecule has 1 aromatic rings. The van der Waals surface area contributed by atoms with Crippen LogP contribution in [-0.2, 0) is 9.09 Å². The third-order valence-electron chi connectivity index (χ3n) is 1.75. The van der Waals surface area contributed by atoms with E-state index in [1.54, 1.807) is 12.1 Å². The zero-order valence-electron chi connectivity index (χ0n) is 10.3. The first kappa shape index (κ1) is 13.3. The van der Waals surface area contributed by atoms with Crippen LogP contribution in [0.25, 0.3) is 0 Å². The Bertz CT molecular complexity index is 368. The normalized spacial score (nSPS) is 15.5. The van der Waals surface area contributed by atoms with E-state index in [1.807, 2.05) is 39.0 Å². The van der Waals surface area contributed by atoms with E-state index in [4.69, 9.17) is 9.05 Å². The Morgan fingerprint density at radius 1 is 1.19 bits per heavy atom. The van der Waals surface area contributed by atoms with Crippen molar-refractivity contribution in [2.24, 2.45) is 5.41 Å². The first-order chi connectivity index (χ1) is 7.29. The van der Waals surface area contributed by atoms with Gasteiger partial charge in [0.1, 0.15) is 5.75 Å². The molecule has 0 aliphatic carbocycles. The Labute approximate surface area is 97.3 Å². The highest BCUT2D eigenvalue weighted by Gasteiger charge is 2.22. The summed E-state index contributed by atoms with van der Waals surface area (Å²) in [7, 11) is -3.01. The monoisotopic (exact) mass is 242 g/mol. The van der Waals surface area contributed by atoms with E-state index >= 15 is 0 Å². The van der Waals surface area contributed by atoms with Crippen LogP contribution >= 0.6 is 7.60 Å². The van der Waals surface area contributed by atoms with Crippen LogP contribution in [0.5, 0.6) is 5.75 Å². The highest BCUT2D eigenvalue weighted by atomic mass is 31.2. The third kappa shape index (κ3) is 5.34. The molecule has 0 amide bonds. The van der Waals surface area contributed by atoms with Gasteiger partial charge < -0.3 is 4.52 Å².